The lowest BCUT2D eigenvalue weighted by Gasteiger charge is -2.15. The van der Waals surface area contributed by atoms with Crippen LogP contribution in [0.4, 0.5) is 24.5 Å². The number of amides is 2. The Morgan fingerprint density at radius 2 is 1.42 bits per heavy atom. The van der Waals surface area contributed by atoms with Crippen LogP contribution in [0.1, 0.15) is 34.0 Å². The summed E-state index contributed by atoms with van der Waals surface area (Å²) in [5, 5.41) is 4.58. The number of rotatable bonds is 3. The lowest BCUT2D eigenvalue weighted by atomic mass is 10.1. The Balaban J connectivity index is 1.78. The van der Waals surface area contributed by atoms with Crippen LogP contribution in [0.15, 0.2) is 72.8 Å². The van der Waals surface area contributed by atoms with Gasteiger partial charge in [0.25, 0.3) is 5.91 Å². The lowest BCUT2D eigenvalue weighted by molar-refractivity contribution is -0.137. The van der Waals surface area contributed by atoms with Gasteiger partial charge in [-0.3, -0.25) is 9.59 Å². The number of hydrogen-bond acceptors (Lipinski definition) is 2. The molecular formula is C24H17F3N2O2. The average Bonchev–Trinajstić information content (AvgIpc) is 2.73. The Labute approximate surface area is 177 Å². The first kappa shape index (κ1) is 21.7. The predicted molar refractivity (Wildman–Crippen MR) is 113 cm³/mol. The number of carbonyl (C=O) groups excluding carboxylic acids is 2. The van der Waals surface area contributed by atoms with Crippen molar-refractivity contribution in [1.82, 2.24) is 0 Å². The summed E-state index contributed by atoms with van der Waals surface area (Å²) in [5.41, 5.74) is 0.211. The van der Waals surface area contributed by atoms with Crippen molar-refractivity contribution in [3.05, 3.63) is 95.1 Å². The molecule has 0 aromatic heterocycles. The van der Waals surface area contributed by atoms with Crippen LogP contribution >= 0.6 is 0 Å². The van der Waals surface area contributed by atoms with Crippen LogP contribution in [-0.2, 0) is 11.0 Å². The molecule has 2 N–H and O–H groups in total. The first-order valence-electron chi connectivity index (χ1n) is 9.20. The van der Waals surface area contributed by atoms with Crippen LogP contribution in [0.5, 0.6) is 0 Å². The van der Waals surface area contributed by atoms with E-state index in [1.165, 1.54) is 25.1 Å². The molecular weight excluding hydrogens is 405 g/mol. The number of halogens is 3. The summed E-state index contributed by atoms with van der Waals surface area (Å²) in [6.45, 7) is 1.19. The van der Waals surface area contributed by atoms with Crippen molar-refractivity contribution in [1.29, 1.82) is 0 Å². The topological polar surface area (TPSA) is 58.2 Å². The summed E-state index contributed by atoms with van der Waals surface area (Å²) in [4.78, 5) is 23.6. The number of carbonyl (C=O) groups is 2. The van der Waals surface area contributed by atoms with Gasteiger partial charge in [0.2, 0.25) is 5.91 Å². The van der Waals surface area contributed by atoms with Crippen molar-refractivity contribution >= 4 is 23.2 Å². The molecule has 156 valence electrons. The van der Waals surface area contributed by atoms with E-state index < -0.39 is 29.2 Å². The first-order chi connectivity index (χ1) is 14.7. The van der Waals surface area contributed by atoms with Gasteiger partial charge in [0.05, 0.1) is 11.3 Å². The number of hydrogen-bond donors (Lipinski definition) is 2. The Morgan fingerprint density at radius 3 is 2.00 bits per heavy atom. The predicted octanol–water partition coefficient (Wildman–Crippen LogP) is 5.32. The highest BCUT2D eigenvalue weighted by Crippen LogP contribution is 2.36. The zero-order valence-electron chi connectivity index (χ0n) is 16.4. The highest BCUT2D eigenvalue weighted by Gasteiger charge is 2.34. The van der Waals surface area contributed by atoms with Crippen molar-refractivity contribution in [2.24, 2.45) is 0 Å². The third kappa shape index (κ3) is 5.97. The third-order valence-electron chi connectivity index (χ3n) is 4.17. The van der Waals surface area contributed by atoms with E-state index in [0.29, 0.717) is 5.56 Å². The molecule has 0 unspecified atom stereocenters. The maximum absolute atomic E-state index is 13.4. The van der Waals surface area contributed by atoms with Crippen molar-refractivity contribution in [3.63, 3.8) is 0 Å². The van der Waals surface area contributed by atoms with Crippen LogP contribution < -0.4 is 10.6 Å². The zero-order valence-corrected chi connectivity index (χ0v) is 16.4. The molecule has 0 atom stereocenters. The minimum atomic E-state index is -4.71. The van der Waals surface area contributed by atoms with E-state index in [1.54, 1.807) is 12.1 Å². The van der Waals surface area contributed by atoms with Crippen molar-refractivity contribution < 1.29 is 22.8 Å². The Morgan fingerprint density at radius 1 is 0.806 bits per heavy atom. The Bertz CT molecular complexity index is 1160. The normalized spacial score (nSPS) is 10.6. The quantitative estimate of drug-likeness (QED) is 0.562. The fraction of sp³-hybridized carbons (Fsp3) is 0.0833. The van der Waals surface area contributed by atoms with E-state index in [4.69, 9.17) is 0 Å². The summed E-state index contributed by atoms with van der Waals surface area (Å²) in [5.74, 6) is 4.76. The van der Waals surface area contributed by atoms with Gasteiger partial charge in [-0.15, -0.1) is 0 Å². The Kier molecular flexibility index (Phi) is 6.41. The van der Waals surface area contributed by atoms with Gasteiger partial charge in [0.1, 0.15) is 0 Å². The molecule has 3 rings (SSSR count). The highest BCUT2D eigenvalue weighted by atomic mass is 19.4. The summed E-state index contributed by atoms with van der Waals surface area (Å²) in [7, 11) is 0. The van der Waals surface area contributed by atoms with Crippen LogP contribution in [-0.4, -0.2) is 11.8 Å². The molecule has 2 amide bonds. The van der Waals surface area contributed by atoms with Crippen LogP contribution in [0.3, 0.4) is 0 Å². The minimum Gasteiger partial charge on any atom is -0.326 e. The molecule has 0 radical (unpaired) electrons. The first-order valence-corrected chi connectivity index (χ1v) is 9.20. The Hall–Kier alpha value is -4.05. The molecule has 0 bridgehead atoms. The summed E-state index contributed by atoms with van der Waals surface area (Å²) < 4.78 is 40.3. The second-order valence-corrected chi connectivity index (χ2v) is 6.59. The maximum atomic E-state index is 13.4. The zero-order chi connectivity index (χ0) is 22.4. The van der Waals surface area contributed by atoms with Gasteiger partial charge < -0.3 is 10.6 Å². The van der Waals surface area contributed by atoms with Gasteiger partial charge in [0, 0.05) is 29.3 Å². The summed E-state index contributed by atoms with van der Waals surface area (Å²) >= 11 is 0. The third-order valence-corrected chi connectivity index (χ3v) is 4.17. The van der Waals surface area contributed by atoms with E-state index in [-0.39, 0.29) is 11.3 Å². The van der Waals surface area contributed by atoms with Gasteiger partial charge in [-0.05, 0) is 54.6 Å². The SMILES string of the molecule is CC(=O)Nc1ccc(NC(=O)c2ccc(C#Cc3ccccc3)cc2)c(C(F)(F)F)c1. The second kappa shape index (κ2) is 9.18. The molecule has 0 fully saturated rings. The molecule has 7 heteroatoms. The summed E-state index contributed by atoms with van der Waals surface area (Å²) in [6.07, 6.45) is -4.71. The molecule has 0 saturated heterocycles. The molecule has 31 heavy (non-hydrogen) atoms. The fourth-order valence-electron chi connectivity index (χ4n) is 2.73. The van der Waals surface area contributed by atoms with E-state index in [1.807, 2.05) is 30.3 Å². The fourth-order valence-corrected chi connectivity index (χ4v) is 2.73. The summed E-state index contributed by atoms with van der Waals surface area (Å²) in [6, 6.07) is 18.7. The average molecular weight is 422 g/mol. The van der Waals surface area contributed by atoms with E-state index >= 15 is 0 Å². The molecule has 0 saturated carbocycles. The number of alkyl halides is 3. The van der Waals surface area contributed by atoms with E-state index in [2.05, 4.69) is 22.5 Å². The van der Waals surface area contributed by atoms with Crippen molar-refractivity contribution in [2.45, 2.75) is 13.1 Å². The van der Waals surface area contributed by atoms with Crippen LogP contribution in [0.25, 0.3) is 0 Å². The molecule has 0 aliphatic heterocycles. The van der Waals surface area contributed by atoms with Gasteiger partial charge in [0.15, 0.2) is 0 Å². The molecule has 3 aromatic rings. The minimum absolute atomic E-state index is 0.0147. The molecule has 0 aliphatic rings. The maximum Gasteiger partial charge on any atom is 0.418 e. The van der Waals surface area contributed by atoms with E-state index in [0.717, 1.165) is 17.7 Å². The molecule has 4 nitrogen and oxygen atoms in total. The molecule has 0 aliphatic carbocycles. The largest absolute Gasteiger partial charge is 0.418 e. The number of anilines is 2. The van der Waals surface area contributed by atoms with Crippen molar-refractivity contribution in [3.8, 4) is 11.8 Å². The van der Waals surface area contributed by atoms with Gasteiger partial charge in [-0.1, -0.05) is 30.0 Å². The standard InChI is InChI=1S/C24H17F3N2O2/c1-16(30)28-20-13-14-22(21(15-20)24(25,26)27)29-23(31)19-11-9-18(10-12-19)8-7-17-5-3-2-4-6-17/h2-6,9-15H,1H3,(H,28,30)(H,29,31). The second-order valence-electron chi connectivity index (χ2n) is 6.59. The van der Waals surface area contributed by atoms with Crippen LogP contribution in [0, 0.1) is 11.8 Å². The van der Waals surface area contributed by atoms with Gasteiger partial charge in [-0.25, -0.2) is 0 Å². The molecule has 3 aromatic carbocycles. The lowest BCUT2D eigenvalue weighted by Crippen LogP contribution is -2.17. The van der Waals surface area contributed by atoms with Crippen LogP contribution in [0.2, 0.25) is 0 Å². The van der Waals surface area contributed by atoms with Crippen molar-refractivity contribution in [2.75, 3.05) is 10.6 Å². The molecule has 0 heterocycles. The monoisotopic (exact) mass is 422 g/mol. The van der Waals surface area contributed by atoms with E-state index in [9.17, 15) is 22.8 Å². The number of benzene rings is 3. The van der Waals surface area contributed by atoms with Gasteiger partial charge in [-0.2, -0.15) is 13.2 Å². The molecule has 0 spiro atoms. The smallest absolute Gasteiger partial charge is 0.326 e. The van der Waals surface area contributed by atoms with Gasteiger partial charge >= 0.3 is 6.18 Å². The highest BCUT2D eigenvalue weighted by molar-refractivity contribution is 6.05. The number of nitrogens with one attached hydrogen (secondary N) is 2.